The van der Waals surface area contributed by atoms with Gasteiger partial charge in [0.2, 0.25) is 0 Å². The van der Waals surface area contributed by atoms with Crippen LogP contribution in [0, 0.1) is 5.41 Å². The number of aliphatic hydroxyl groups is 1. The van der Waals surface area contributed by atoms with Crippen LogP contribution >= 0.6 is 15.9 Å². The summed E-state index contributed by atoms with van der Waals surface area (Å²) in [6.45, 7) is 6.23. The number of nitrogens with zero attached hydrogens (tertiary/aromatic N) is 1. The Bertz CT molecular complexity index is 881. The van der Waals surface area contributed by atoms with Crippen LogP contribution in [0.2, 0.25) is 0 Å². The zero-order valence-corrected chi connectivity index (χ0v) is 18.7. The molecular weight excluding hydrogens is 432 g/mol. The second-order valence-corrected chi connectivity index (χ2v) is 9.78. The van der Waals surface area contributed by atoms with Gasteiger partial charge in [0.05, 0.1) is 17.7 Å². The first-order chi connectivity index (χ1) is 13.6. The minimum absolute atomic E-state index is 0.329. The van der Waals surface area contributed by atoms with Crippen LogP contribution in [-0.4, -0.2) is 32.8 Å². The Hall–Kier alpha value is -2.05. The fraction of sp³-hybridized carbons (Fsp3) is 0.435. The van der Waals surface area contributed by atoms with Crippen molar-refractivity contribution >= 4 is 27.7 Å². The zero-order chi connectivity index (χ0) is 21.4. The van der Waals surface area contributed by atoms with Crippen LogP contribution in [0.15, 0.2) is 53.0 Å². The van der Waals surface area contributed by atoms with E-state index in [1.54, 1.807) is 0 Å². The molecule has 0 radical (unpaired) electrons. The van der Waals surface area contributed by atoms with Gasteiger partial charge in [0.25, 0.3) is 0 Å². The summed E-state index contributed by atoms with van der Waals surface area (Å²) in [4.78, 5) is 14.0. The van der Waals surface area contributed by atoms with Crippen LogP contribution in [0.1, 0.15) is 50.8 Å². The van der Waals surface area contributed by atoms with Crippen molar-refractivity contribution in [2.24, 2.45) is 5.41 Å². The van der Waals surface area contributed by atoms with Crippen LogP contribution in [0.25, 0.3) is 0 Å². The number of hydrogen-bond acceptors (Lipinski definition) is 3. The van der Waals surface area contributed by atoms with Crippen molar-refractivity contribution < 1.29 is 15.0 Å². The number of amides is 1. The first-order valence-corrected chi connectivity index (χ1v) is 10.7. The summed E-state index contributed by atoms with van der Waals surface area (Å²) in [6, 6.07) is 14.6. The molecule has 4 N–H and O–H groups in total. The fourth-order valence-electron chi connectivity index (χ4n) is 4.64. The zero-order valence-electron chi connectivity index (χ0n) is 17.1. The highest BCUT2D eigenvalue weighted by Gasteiger charge is 2.56. The Morgan fingerprint density at radius 1 is 1.28 bits per heavy atom. The van der Waals surface area contributed by atoms with E-state index in [1.165, 1.54) is 4.90 Å². The smallest absolute Gasteiger partial charge is 0.408 e. The largest absolute Gasteiger partial charge is 0.465 e. The van der Waals surface area contributed by atoms with Gasteiger partial charge in [-0.05, 0) is 63.9 Å². The number of nitrogen functional groups attached to an aromatic ring is 1. The van der Waals surface area contributed by atoms with Gasteiger partial charge in [-0.2, -0.15) is 0 Å². The summed E-state index contributed by atoms with van der Waals surface area (Å²) >= 11 is 3.48. The van der Waals surface area contributed by atoms with E-state index in [-0.39, 0.29) is 5.41 Å². The third-order valence-electron chi connectivity index (χ3n) is 6.32. The van der Waals surface area contributed by atoms with Crippen molar-refractivity contribution in [2.75, 3.05) is 5.73 Å². The van der Waals surface area contributed by atoms with Gasteiger partial charge < -0.3 is 15.9 Å². The van der Waals surface area contributed by atoms with Gasteiger partial charge in [0, 0.05) is 10.2 Å². The fourth-order valence-corrected chi connectivity index (χ4v) is 5.07. The summed E-state index contributed by atoms with van der Waals surface area (Å²) in [7, 11) is 0. The molecule has 0 bridgehead atoms. The van der Waals surface area contributed by atoms with Crippen molar-refractivity contribution in [2.45, 2.75) is 57.7 Å². The molecule has 0 aromatic heterocycles. The van der Waals surface area contributed by atoms with E-state index in [9.17, 15) is 15.0 Å². The average molecular weight is 461 g/mol. The maximum atomic E-state index is 12.5. The number of halogens is 1. The molecule has 1 heterocycles. The van der Waals surface area contributed by atoms with Crippen molar-refractivity contribution in [1.29, 1.82) is 0 Å². The highest BCUT2D eigenvalue weighted by molar-refractivity contribution is 9.10. The predicted octanol–water partition coefficient (Wildman–Crippen LogP) is 5.23. The van der Waals surface area contributed by atoms with Crippen LogP contribution in [0.3, 0.4) is 0 Å². The van der Waals surface area contributed by atoms with Gasteiger partial charge in [-0.15, -0.1) is 0 Å². The Morgan fingerprint density at radius 3 is 2.48 bits per heavy atom. The van der Waals surface area contributed by atoms with Crippen LogP contribution < -0.4 is 5.73 Å². The number of anilines is 1. The monoisotopic (exact) mass is 460 g/mol. The highest BCUT2D eigenvalue weighted by atomic mass is 79.9. The molecular formula is C23H29BrN2O3. The third-order valence-corrected chi connectivity index (χ3v) is 7.00. The summed E-state index contributed by atoms with van der Waals surface area (Å²) in [5, 5.41) is 21.3. The SMILES string of the molecule is CC(C)(C)[C@]1(Cc2ccc(N)c(Br)c2)CC[C@H]([C@H](O)c2ccccc2)N1C(=O)O. The molecule has 5 nitrogen and oxygen atoms in total. The molecule has 2 aromatic carbocycles. The van der Waals surface area contributed by atoms with Crippen LogP contribution in [0.5, 0.6) is 0 Å². The molecule has 156 valence electrons. The molecule has 1 aliphatic rings. The van der Waals surface area contributed by atoms with Gasteiger partial charge in [-0.3, -0.25) is 4.90 Å². The molecule has 0 unspecified atom stereocenters. The molecule has 0 spiro atoms. The third kappa shape index (κ3) is 4.01. The molecule has 1 aliphatic heterocycles. The summed E-state index contributed by atoms with van der Waals surface area (Å²) in [5.74, 6) is 0. The lowest BCUT2D eigenvalue weighted by atomic mass is 9.68. The number of nitrogens with two attached hydrogens (primary N) is 1. The first-order valence-electron chi connectivity index (χ1n) is 9.86. The van der Waals surface area contributed by atoms with Crippen molar-refractivity contribution in [3.8, 4) is 0 Å². The van der Waals surface area contributed by atoms with Gasteiger partial charge >= 0.3 is 6.09 Å². The standard InChI is InChI=1S/C23H29BrN2O3/c1-22(2,3)23(14-15-9-10-18(25)17(24)13-15)12-11-19(26(23)21(28)29)20(27)16-7-5-4-6-8-16/h4-10,13,19-20,27H,11-12,14,25H2,1-3H3,(H,28,29)/t19-,20-,23-/m1/s1. The molecule has 0 aliphatic carbocycles. The van der Waals surface area contributed by atoms with Crippen molar-refractivity contribution in [3.63, 3.8) is 0 Å². The van der Waals surface area contributed by atoms with E-state index < -0.39 is 23.8 Å². The van der Waals surface area contributed by atoms with E-state index in [2.05, 4.69) is 36.7 Å². The number of aliphatic hydroxyl groups excluding tert-OH is 1. The maximum Gasteiger partial charge on any atom is 0.408 e. The second-order valence-electron chi connectivity index (χ2n) is 8.93. The van der Waals surface area contributed by atoms with E-state index >= 15 is 0 Å². The minimum atomic E-state index is -0.994. The number of rotatable bonds is 4. The van der Waals surface area contributed by atoms with E-state index in [4.69, 9.17) is 5.73 Å². The molecule has 1 saturated heterocycles. The van der Waals surface area contributed by atoms with E-state index in [1.807, 2.05) is 48.5 Å². The van der Waals surface area contributed by atoms with Crippen LogP contribution in [-0.2, 0) is 6.42 Å². The molecule has 3 rings (SSSR count). The van der Waals surface area contributed by atoms with Gasteiger partial charge in [0.15, 0.2) is 0 Å². The van der Waals surface area contributed by atoms with Crippen molar-refractivity contribution in [3.05, 3.63) is 64.1 Å². The molecule has 0 saturated carbocycles. The first kappa shape index (κ1) is 21.7. The Balaban J connectivity index is 2.03. The molecule has 29 heavy (non-hydrogen) atoms. The maximum absolute atomic E-state index is 12.5. The second kappa shape index (κ2) is 8.00. The molecule has 6 heteroatoms. The topological polar surface area (TPSA) is 86.8 Å². The normalized spacial score (nSPS) is 23.2. The average Bonchev–Trinajstić information content (AvgIpc) is 3.05. The van der Waals surface area contributed by atoms with E-state index in [0.717, 1.165) is 15.6 Å². The number of carboxylic acid groups (broad SMARTS) is 1. The number of benzene rings is 2. The van der Waals surface area contributed by atoms with Gasteiger partial charge in [-0.1, -0.05) is 57.2 Å². The van der Waals surface area contributed by atoms with Gasteiger partial charge in [0.1, 0.15) is 0 Å². The number of carbonyl (C=O) groups is 1. The highest BCUT2D eigenvalue weighted by Crippen LogP contribution is 2.50. The summed E-state index contributed by atoms with van der Waals surface area (Å²) in [6.07, 6.45) is -0.0176. The molecule has 2 aromatic rings. The molecule has 3 atom stereocenters. The minimum Gasteiger partial charge on any atom is -0.465 e. The number of likely N-dealkylation sites (tertiary alicyclic amines) is 1. The quantitative estimate of drug-likeness (QED) is 0.544. The van der Waals surface area contributed by atoms with E-state index in [0.29, 0.717) is 24.9 Å². The van der Waals surface area contributed by atoms with Gasteiger partial charge in [-0.25, -0.2) is 4.79 Å². The lowest BCUT2D eigenvalue weighted by Crippen LogP contribution is -2.59. The number of hydrogen-bond donors (Lipinski definition) is 3. The Morgan fingerprint density at radius 2 is 1.93 bits per heavy atom. The predicted molar refractivity (Wildman–Crippen MR) is 119 cm³/mol. The van der Waals surface area contributed by atoms with Crippen LogP contribution in [0.4, 0.5) is 10.5 Å². The molecule has 1 amide bonds. The lowest BCUT2D eigenvalue weighted by molar-refractivity contribution is -0.0177. The van der Waals surface area contributed by atoms with Crippen molar-refractivity contribution in [1.82, 2.24) is 4.90 Å². The Labute approximate surface area is 180 Å². The lowest BCUT2D eigenvalue weighted by Gasteiger charge is -2.49. The Kier molecular flexibility index (Phi) is 5.97. The molecule has 1 fully saturated rings. The summed E-state index contributed by atoms with van der Waals surface area (Å²) < 4.78 is 0.805. The summed E-state index contributed by atoms with van der Waals surface area (Å²) in [5.41, 5.74) is 7.37.